The van der Waals surface area contributed by atoms with Crippen LogP contribution in [0.4, 0.5) is 5.69 Å². The lowest BCUT2D eigenvalue weighted by molar-refractivity contribution is 0.0955. The van der Waals surface area contributed by atoms with E-state index in [1.54, 1.807) is 54.2 Å². The van der Waals surface area contributed by atoms with Gasteiger partial charge in [0, 0.05) is 40.5 Å². The smallest absolute Gasteiger partial charge is 0.274 e. The first-order valence-corrected chi connectivity index (χ1v) is 14.6. The number of nitrogens with zero attached hydrogens (tertiary/aromatic N) is 4. The predicted octanol–water partition coefficient (Wildman–Crippen LogP) is 6.73. The quantitative estimate of drug-likeness (QED) is 0.191. The second-order valence-corrected chi connectivity index (χ2v) is 11.2. The molecular formula is C27H22Cl2N6O3S2. The Bertz CT molecular complexity index is 1680. The maximum atomic E-state index is 13.7. The van der Waals surface area contributed by atoms with Gasteiger partial charge in [-0.05, 0) is 55.1 Å². The van der Waals surface area contributed by atoms with Crippen molar-refractivity contribution in [3.05, 3.63) is 96.3 Å². The molecule has 0 fully saturated rings. The van der Waals surface area contributed by atoms with Gasteiger partial charge in [0.15, 0.2) is 5.82 Å². The zero-order chi connectivity index (χ0) is 28.2. The lowest BCUT2D eigenvalue weighted by Crippen LogP contribution is -2.28. The number of hydrogen-bond acceptors (Lipinski definition) is 8. The summed E-state index contributed by atoms with van der Waals surface area (Å²) in [4.78, 5) is 36.5. The number of rotatable bonds is 9. The van der Waals surface area contributed by atoms with Crippen LogP contribution in [0.1, 0.15) is 37.0 Å². The summed E-state index contributed by atoms with van der Waals surface area (Å²) >= 11 is 15.7. The van der Waals surface area contributed by atoms with Gasteiger partial charge in [0.2, 0.25) is 5.88 Å². The van der Waals surface area contributed by atoms with E-state index < -0.39 is 5.91 Å². The number of aromatic nitrogens is 4. The number of hydrogen-bond donors (Lipinski definition) is 2. The lowest BCUT2D eigenvalue weighted by atomic mass is 10.1. The summed E-state index contributed by atoms with van der Waals surface area (Å²) in [7, 11) is 0. The highest BCUT2D eigenvalue weighted by molar-refractivity contribution is 7.09. The molecule has 5 aromatic rings. The minimum Gasteiger partial charge on any atom is -0.437 e. The highest BCUT2D eigenvalue weighted by Gasteiger charge is 2.23. The van der Waals surface area contributed by atoms with Gasteiger partial charge in [0.05, 0.1) is 27.5 Å². The van der Waals surface area contributed by atoms with Crippen LogP contribution in [0, 0.1) is 13.8 Å². The topological polar surface area (TPSA) is 111 Å². The van der Waals surface area contributed by atoms with Crippen LogP contribution in [-0.4, -0.2) is 38.1 Å². The van der Waals surface area contributed by atoms with Gasteiger partial charge in [-0.1, -0.05) is 23.2 Å². The zero-order valence-corrected chi connectivity index (χ0v) is 24.4. The van der Waals surface area contributed by atoms with Crippen molar-refractivity contribution in [2.24, 2.45) is 0 Å². The first-order valence-electron chi connectivity index (χ1n) is 12.0. The predicted molar refractivity (Wildman–Crippen MR) is 158 cm³/mol. The number of anilines is 1. The lowest BCUT2D eigenvalue weighted by Gasteiger charge is -2.15. The molecule has 13 heteroatoms. The molecule has 2 N–H and O–H groups in total. The molecule has 0 saturated carbocycles. The highest BCUT2D eigenvalue weighted by atomic mass is 35.5. The maximum absolute atomic E-state index is 13.7. The molecule has 0 bridgehead atoms. The Morgan fingerprint density at radius 2 is 1.95 bits per heavy atom. The molecule has 4 heterocycles. The number of nitrogens with one attached hydrogen (secondary N) is 2. The Kier molecular flexibility index (Phi) is 8.46. The van der Waals surface area contributed by atoms with Gasteiger partial charge in [-0.15, -0.1) is 27.8 Å². The Balaban J connectivity index is 1.44. The summed E-state index contributed by atoms with van der Waals surface area (Å²) in [5.41, 5.74) is 3.99. The average Bonchev–Trinajstić information content (AvgIpc) is 3.68. The molecule has 0 aliphatic carbocycles. The highest BCUT2D eigenvalue weighted by Crippen LogP contribution is 2.29. The summed E-state index contributed by atoms with van der Waals surface area (Å²) in [6.07, 6.45) is 2.18. The number of benzene rings is 1. The van der Waals surface area contributed by atoms with Crippen LogP contribution < -0.4 is 15.4 Å². The molecule has 5 rings (SSSR count). The Labute approximate surface area is 247 Å². The number of carbonyl (C=O) groups excluding carboxylic acids is 2. The Hall–Kier alpha value is -3.77. The third-order valence-corrected chi connectivity index (χ3v) is 8.01. The number of aryl methyl sites for hydroxylation is 2. The van der Waals surface area contributed by atoms with E-state index in [2.05, 4.69) is 25.7 Å². The van der Waals surface area contributed by atoms with E-state index in [-0.39, 0.29) is 28.9 Å². The number of carbonyl (C=O) groups is 2. The molecular weight excluding hydrogens is 591 g/mol. The molecule has 0 radical (unpaired) electrons. The molecule has 0 spiro atoms. The molecule has 0 aliphatic rings. The summed E-state index contributed by atoms with van der Waals surface area (Å²) in [5, 5.41) is 14.5. The average molecular weight is 614 g/mol. The van der Waals surface area contributed by atoms with Crippen molar-refractivity contribution in [1.82, 2.24) is 25.1 Å². The van der Waals surface area contributed by atoms with E-state index in [1.807, 2.05) is 17.7 Å². The Morgan fingerprint density at radius 1 is 1.10 bits per heavy atom. The van der Waals surface area contributed by atoms with Crippen molar-refractivity contribution in [3.8, 4) is 17.4 Å². The second-order valence-electron chi connectivity index (χ2n) is 8.62. The van der Waals surface area contributed by atoms with E-state index in [4.69, 9.17) is 27.9 Å². The van der Waals surface area contributed by atoms with Gasteiger partial charge >= 0.3 is 0 Å². The van der Waals surface area contributed by atoms with E-state index in [1.165, 1.54) is 28.2 Å². The largest absolute Gasteiger partial charge is 0.437 e. The molecule has 0 unspecified atom stereocenters. The molecule has 2 amide bonds. The SMILES string of the molecule is Cc1cc(Cl)cc(C(=O)NCCc2scnc2C)c1NC(=O)c1cc(Oc2ccsc2)nn1-c1ncccc1Cl. The minimum absolute atomic E-state index is 0.104. The fourth-order valence-electron chi connectivity index (χ4n) is 3.91. The van der Waals surface area contributed by atoms with Crippen molar-refractivity contribution < 1.29 is 14.3 Å². The Morgan fingerprint density at radius 3 is 2.67 bits per heavy atom. The fourth-order valence-corrected chi connectivity index (χ4v) is 5.72. The zero-order valence-electron chi connectivity index (χ0n) is 21.3. The van der Waals surface area contributed by atoms with E-state index in [0.717, 1.165) is 10.6 Å². The molecule has 204 valence electrons. The van der Waals surface area contributed by atoms with Crippen LogP contribution in [0.3, 0.4) is 0 Å². The third-order valence-electron chi connectivity index (χ3n) is 5.84. The number of ether oxygens (including phenoxy) is 1. The molecule has 4 aromatic heterocycles. The van der Waals surface area contributed by atoms with Crippen LogP contribution in [0.15, 0.2) is 58.9 Å². The summed E-state index contributed by atoms with van der Waals surface area (Å²) in [6.45, 7) is 4.09. The first-order chi connectivity index (χ1) is 19.3. The maximum Gasteiger partial charge on any atom is 0.274 e. The van der Waals surface area contributed by atoms with E-state index in [9.17, 15) is 9.59 Å². The molecule has 40 heavy (non-hydrogen) atoms. The number of thiophene rings is 1. The van der Waals surface area contributed by atoms with Crippen LogP contribution in [0.5, 0.6) is 11.6 Å². The monoisotopic (exact) mass is 612 g/mol. The van der Waals surface area contributed by atoms with E-state index in [0.29, 0.717) is 40.0 Å². The second kappa shape index (κ2) is 12.2. The van der Waals surface area contributed by atoms with Crippen molar-refractivity contribution in [2.75, 3.05) is 11.9 Å². The van der Waals surface area contributed by atoms with Gasteiger partial charge in [-0.3, -0.25) is 9.59 Å². The number of amides is 2. The minimum atomic E-state index is -0.547. The normalized spacial score (nSPS) is 10.9. The van der Waals surface area contributed by atoms with Crippen molar-refractivity contribution in [3.63, 3.8) is 0 Å². The molecule has 0 atom stereocenters. The first kappa shape index (κ1) is 27.8. The molecule has 0 saturated heterocycles. The molecule has 9 nitrogen and oxygen atoms in total. The van der Waals surface area contributed by atoms with Crippen molar-refractivity contribution in [1.29, 1.82) is 0 Å². The van der Waals surface area contributed by atoms with Gasteiger partial charge in [-0.2, -0.15) is 0 Å². The standard InChI is InChI=1S/C27H22Cl2N6O3S2/c1-15-10-17(28)11-19(26(36)31-8-5-22-16(2)32-14-40-22)24(15)33-27(37)21-12-23(38-18-6-9-39-13-18)34-35(21)25-20(29)4-3-7-30-25/h3-4,6-7,9-14H,5,8H2,1-2H3,(H,31,36)(H,33,37). The number of thiazole rings is 1. The van der Waals surface area contributed by atoms with Crippen LogP contribution in [0.25, 0.3) is 5.82 Å². The van der Waals surface area contributed by atoms with Crippen LogP contribution in [-0.2, 0) is 6.42 Å². The number of pyridine rings is 1. The molecule has 1 aromatic carbocycles. The number of halogens is 2. The van der Waals surface area contributed by atoms with Gasteiger partial charge in [-0.25, -0.2) is 14.6 Å². The van der Waals surface area contributed by atoms with Gasteiger partial charge in [0.1, 0.15) is 11.4 Å². The van der Waals surface area contributed by atoms with Gasteiger partial charge < -0.3 is 15.4 Å². The van der Waals surface area contributed by atoms with E-state index >= 15 is 0 Å². The summed E-state index contributed by atoms with van der Waals surface area (Å²) < 4.78 is 7.14. The summed E-state index contributed by atoms with van der Waals surface area (Å²) in [6, 6.07) is 9.79. The van der Waals surface area contributed by atoms with Crippen LogP contribution >= 0.6 is 45.9 Å². The summed E-state index contributed by atoms with van der Waals surface area (Å²) in [5.74, 6) is 0.0859. The molecule has 0 aliphatic heterocycles. The third kappa shape index (κ3) is 6.18. The van der Waals surface area contributed by atoms with Crippen LogP contribution in [0.2, 0.25) is 10.0 Å². The van der Waals surface area contributed by atoms with Crippen molar-refractivity contribution >= 4 is 63.4 Å². The van der Waals surface area contributed by atoms with Gasteiger partial charge in [0.25, 0.3) is 11.8 Å². The van der Waals surface area contributed by atoms with Crippen molar-refractivity contribution in [2.45, 2.75) is 20.3 Å². The fraction of sp³-hybridized carbons (Fsp3) is 0.148.